The van der Waals surface area contributed by atoms with Crippen LogP contribution in [-0.4, -0.2) is 16.3 Å². The lowest BCUT2D eigenvalue weighted by Crippen LogP contribution is -2.09. The zero-order chi connectivity index (χ0) is 11.1. The second-order valence-corrected chi connectivity index (χ2v) is 2.88. The number of anilines is 1. The van der Waals surface area contributed by atoms with Crippen LogP contribution in [0.3, 0.4) is 0 Å². The predicted molar refractivity (Wildman–Crippen MR) is 61.6 cm³/mol. The van der Waals surface area contributed by atoms with Gasteiger partial charge < -0.3 is 5.11 Å². The molecule has 4 heteroatoms. The molecule has 1 N–H and O–H groups in total. The van der Waals surface area contributed by atoms with Crippen molar-refractivity contribution >= 4 is 12.0 Å². The third-order valence-electron chi connectivity index (χ3n) is 1.76. The van der Waals surface area contributed by atoms with Gasteiger partial charge in [-0.25, -0.2) is 9.99 Å². The van der Waals surface area contributed by atoms with E-state index in [-0.39, 0.29) is 6.61 Å². The molecule has 0 saturated carbocycles. The van der Waals surface area contributed by atoms with Gasteiger partial charge in [0, 0.05) is 18.6 Å². The summed E-state index contributed by atoms with van der Waals surface area (Å²) in [7, 11) is 0. The smallest absolute Gasteiger partial charge is 0.153 e. The van der Waals surface area contributed by atoms with Gasteiger partial charge in [-0.2, -0.15) is 5.10 Å². The summed E-state index contributed by atoms with van der Waals surface area (Å²) in [5, 5.41) is 14.7. The van der Waals surface area contributed by atoms with E-state index in [1.165, 1.54) is 0 Å². The Kier molecular flexibility index (Phi) is 4.50. The minimum Gasteiger partial charge on any atom is -0.392 e. The molecule has 0 unspecified atom stereocenters. The molecule has 1 rings (SSSR count). The second kappa shape index (κ2) is 5.93. The van der Waals surface area contributed by atoms with Crippen LogP contribution in [0.5, 0.6) is 0 Å². The van der Waals surface area contributed by atoms with Crippen LogP contribution in [0.2, 0.25) is 0 Å². The number of hydrogen-bond donors (Lipinski definition) is 1. The molecule has 0 aliphatic rings. The number of allylic oxidation sites excluding steroid dienone is 1. The van der Waals surface area contributed by atoms with Crippen molar-refractivity contribution in [2.45, 2.75) is 20.5 Å². The number of hydrazone groups is 1. The van der Waals surface area contributed by atoms with E-state index in [1.807, 2.05) is 38.3 Å². The van der Waals surface area contributed by atoms with Crippen molar-refractivity contribution in [1.82, 2.24) is 4.98 Å². The van der Waals surface area contributed by atoms with Crippen molar-refractivity contribution < 1.29 is 5.11 Å². The van der Waals surface area contributed by atoms with E-state index in [9.17, 15) is 0 Å². The van der Waals surface area contributed by atoms with Crippen molar-refractivity contribution in [3.63, 3.8) is 0 Å². The van der Waals surface area contributed by atoms with Crippen LogP contribution in [0.4, 0.5) is 5.82 Å². The second-order valence-electron chi connectivity index (χ2n) is 2.88. The number of aliphatic hydroxyl groups is 1. The molecule has 0 spiro atoms. The first-order valence-corrected chi connectivity index (χ1v) is 4.78. The molecule has 0 fully saturated rings. The minimum absolute atomic E-state index is 0.00788. The van der Waals surface area contributed by atoms with E-state index in [0.717, 1.165) is 11.4 Å². The summed E-state index contributed by atoms with van der Waals surface area (Å²) < 4.78 is 0. The number of aliphatic hydroxyl groups excluding tert-OH is 1. The molecule has 0 amide bonds. The van der Waals surface area contributed by atoms with Crippen molar-refractivity contribution in [2.24, 2.45) is 5.10 Å². The van der Waals surface area contributed by atoms with Gasteiger partial charge in [-0.1, -0.05) is 12.1 Å². The molecule has 0 aliphatic heterocycles. The quantitative estimate of drug-likeness (QED) is 0.603. The van der Waals surface area contributed by atoms with Gasteiger partial charge in [0.05, 0.1) is 6.61 Å². The van der Waals surface area contributed by atoms with Crippen LogP contribution in [0.1, 0.15) is 19.4 Å². The molecule has 4 nitrogen and oxygen atoms in total. The number of hydrogen-bond acceptors (Lipinski definition) is 4. The highest BCUT2D eigenvalue weighted by Gasteiger charge is 2.01. The maximum atomic E-state index is 8.88. The van der Waals surface area contributed by atoms with E-state index >= 15 is 0 Å². The summed E-state index contributed by atoms with van der Waals surface area (Å²) in [6.45, 7) is 3.77. The summed E-state index contributed by atoms with van der Waals surface area (Å²) in [6, 6.07) is 3.64. The summed E-state index contributed by atoms with van der Waals surface area (Å²) in [5.74, 6) is 0.725. The molecular formula is C11H15N3O. The zero-order valence-corrected chi connectivity index (χ0v) is 8.96. The fourth-order valence-corrected chi connectivity index (χ4v) is 1.09. The zero-order valence-electron chi connectivity index (χ0n) is 8.96. The Balaban J connectivity index is 2.91. The standard InChI is InChI=1S/C11H15N3O/c1-3-7-14(13-4-2)11-6-5-10(9-15)8-12-11/h3-8,15H,9H2,1-2H3/b7-3-,13-4-. The number of rotatable bonds is 4. The first kappa shape index (κ1) is 11.4. The van der Waals surface area contributed by atoms with E-state index < -0.39 is 0 Å². The Morgan fingerprint density at radius 2 is 2.27 bits per heavy atom. The van der Waals surface area contributed by atoms with Crippen LogP contribution >= 0.6 is 0 Å². The van der Waals surface area contributed by atoms with Gasteiger partial charge in [0.1, 0.15) is 0 Å². The minimum atomic E-state index is 0.00788. The van der Waals surface area contributed by atoms with Gasteiger partial charge in [-0.15, -0.1) is 0 Å². The van der Waals surface area contributed by atoms with E-state index in [2.05, 4.69) is 10.1 Å². The number of aromatic nitrogens is 1. The predicted octanol–water partition coefficient (Wildman–Crippen LogP) is 1.92. The molecule has 0 aromatic carbocycles. The molecule has 0 saturated heterocycles. The SMILES string of the molecule is C/C=C\N(/N=C\C)c1ccc(CO)cn1. The monoisotopic (exact) mass is 205 g/mol. The number of nitrogens with zero attached hydrogens (tertiary/aromatic N) is 3. The van der Waals surface area contributed by atoms with Crippen LogP contribution in [0.25, 0.3) is 0 Å². The molecule has 80 valence electrons. The van der Waals surface area contributed by atoms with E-state index in [1.54, 1.807) is 17.4 Å². The van der Waals surface area contributed by atoms with Gasteiger partial charge in [0.2, 0.25) is 0 Å². The van der Waals surface area contributed by atoms with Gasteiger partial charge >= 0.3 is 0 Å². The topological polar surface area (TPSA) is 48.7 Å². The first-order valence-electron chi connectivity index (χ1n) is 4.78. The van der Waals surface area contributed by atoms with Gasteiger partial charge in [0.15, 0.2) is 5.82 Å². The van der Waals surface area contributed by atoms with Gasteiger partial charge in [-0.3, -0.25) is 0 Å². The Morgan fingerprint density at radius 1 is 1.47 bits per heavy atom. The summed E-state index contributed by atoms with van der Waals surface area (Å²) in [6.07, 6.45) is 7.04. The highest BCUT2D eigenvalue weighted by molar-refractivity contribution is 5.57. The van der Waals surface area contributed by atoms with E-state index in [4.69, 9.17) is 5.11 Å². The molecule has 0 aliphatic carbocycles. The fourth-order valence-electron chi connectivity index (χ4n) is 1.09. The first-order chi connectivity index (χ1) is 7.31. The lowest BCUT2D eigenvalue weighted by Gasteiger charge is -2.12. The molecule has 0 bridgehead atoms. The number of pyridine rings is 1. The van der Waals surface area contributed by atoms with Crippen LogP contribution in [0, 0.1) is 0 Å². The Morgan fingerprint density at radius 3 is 2.73 bits per heavy atom. The molecule has 15 heavy (non-hydrogen) atoms. The largest absolute Gasteiger partial charge is 0.392 e. The van der Waals surface area contributed by atoms with Crippen LogP contribution < -0.4 is 5.01 Å². The lowest BCUT2D eigenvalue weighted by molar-refractivity contribution is 0.281. The van der Waals surface area contributed by atoms with Crippen molar-refractivity contribution in [2.75, 3.05) is 5.01 Å². The molecule has 1 aromatic rings. The fraction of sp³-hybridized carbons (Fsp3) is 0.273. The third kappa shape index (κ3) is 3.18. The average Bonchev–Trinajstić information content (AvgIpc) is 2.29. The van der Waals surface area contributed by atoms with E-state index in [0.29, 0.717) is 0 Å². The van der Waals surface area contributed by atoms with Gasteiger partial charge in [-0.05, 0) is 25.5 Å². The van der Waals surface area contributed by atoms with Crippen LogP contribution in [0.15, 0.2) is 35.7 Å². The molecule has 1 aromatic heterocycles. The molecule has 0 radical (unpaired) electrons. The third-order valence-corrected chi connectivity index (χ3v) is 1.76. The molecular weight excluding hydrogens is 190 g/mol. The highest BCUT2D eigenvalue weighted by Crippen LogP contribution is 2.12. The Bertz CT molecular complexity index is 331. The summed E-state index contributed by atoms with van der Waals surface area (Å²) >= 11 is 0. The maximum absolute atomic E-state index is 8.88. The Labute approximate surface area is 89.6 Å². The van der Waals surface area contributed by atoms with Crippen LogP contribution in [-0.2, 0) is 6.61 Å². The summed E-state index contributed by atoms with van der Waals surface area (Å²) in [5.41, 5.74) is 0.791. The highest BCUT2D eigenvalue weighted by atomic mass is 16.3. The van der Waals surface area contributed by atoms with Crippen molar-refractivity contribution in [3.8, 4) is 0 Å². The lowest BCUT2D eigenvalue weighted by atomic mass is 10.3. The van der Waals surface area contributed by atoms with Crippen molar-refractivity contribution in [3.05, 3.63) is 36.2 Å². The average molecular weight is 205 g/mol. The summed E-state index contributed by atoms with van der Waals surface area (Å²) in [4.78, 5) is 4.19. The van der Waals surface area contributed by atoms with Crippen molar-refractivity contribution in [1.29, 1.82) is 0 Å². The van der Waals surface area contributed by atoms with Gasteiger partial charge in [0.25, 0.3) is 0 Å². The molecule has 1 heterocycles. The molecule has 0 atom stereocenters. The Hall–Kier alpha value is -1.68. The normalized spacial score (nSPS) is 11.4. The maximum Gasteiger partial charge on any atom is 0.153 e.